The average molecular weight is 440 g/mol. The van der Waals surface area contributed by atoms with Gasteiger partial charge in [-0.1, -0.05) is 18.2 Å². The highest BCUT2D eigenvalue weighted by molar-refractivity contribution is 5.94. The molecule has 0 unspecified atom stereocenters. The molecule has 0 saturated heterocycles. The van der Waals surface area contributed by atoms with Crippen molar-refractivity contribution in [3.8, 4) is 0 Å². The molecule has 0 aliphatic carbocycles. The van der Waals surface area contributed by atoms with Crippen LogP contribution in [0.25, 0.3) is 0 Å². The van der Waals surface area contributed by atoms with Crippen molar-refractivity contribution in [2.75, 3.05) is 21.3 Å². The predicted octanol–water partition coefficient (Wildman–Crippen LogP) is -0.117. The molecule has 0 heterocycles. The van der Waals surface area contributed by atoms with Crippen molar-refractivity contribution in [1.29, 1.82) is 0 Å². The number of rotatable bonds is 10. The first-order valence-corrected chi connectivity index (χ1v) is 9.17. The molecule has 1 aromatic rings. The first kappa shape index (κ1) is 25.5. The number of halogens is 1. The van der Waals surface area contributed by atoms with Crippen LogP contribution in [0.4, 0.5) is 4.39 Å². The van der Waals surface area contributed by atoms with Gasteiger partial charge in [-0.2, -0.15) is 0 Å². The molecular formula is C20H25FN2O8. The molecule has 3 atom stereocenters. The molecule has 1 aromatic carbocycles. The molecule has 10 nitrogen and oxygen atoms in total. The zero-order chi connectivity index (χ0) is 23.6. The van der Waals surface area contributed by atoms with E-state index in [1.807, 2.05) is 0 Å². The minimum absolute atomic E-state index is 0.144. The molecule has 11 heteroatoms. The lowest BCUT2D eigenvalue weighted by atomic mass is 9.95. The smallest absolute Gasteiger partial charge is 0.329 e. The Hall–Kier alpha value is -3.50. The highest BCUT2D eigenvalue weighted by atomic mass is 19.1. The van der Waals surface area contributed by atoms with Gasteiger partial charge in [0.15, 0.2) is 0 Å². The third-order valence-electron chi connectivity index (χ3n) is 4.35. The third kappa shape index (κ3) is 7.68. The van der Waals surface area contributed by atoms with Gasteiger partial charge < -0.3 is 24.8 Å². The Bertz CT molecular complexity index is 829. The van der Waals surface area contributed by atoms with E-state index < -0.39 is 60.0 Å². The van der Waals surface area contributed by atoms with Gasteiger partial charge in [-0.3, -0.25) is 19.2 Å². The number of amides is 2. The molecule has 0 saturated carbocycles. The van der Waals surface area contributed by atoms with Crippen molar-refractivity contribution in [3.63, 3.8) is 0 Å². The SMILES string of the molecule is COC(=O)C[C@H](C(=O)OC)[C@H](NC(=O)[C@@H](Cc1ccccc1F)NC(C)=O)C(=O)OC. The van der Waals surface area contributed by atoms with Gasteiger partial charge in [0.25, 0.3) is 0 Å². The quantitative estimate of drug-likeness (QED) is 0.380. The molecule has 0 bridgehead atoms. The molecule has 170 valence electrons. The number of methoxy groups -OCH3 is 3. The summed E-state index contributed by atoms with van der Waals surface area (Å²) in [5.74, 6) is -6.35. The summed E-state index contributed by atoms with van der Waals surface area (Å²) in [4.78, 5) is 60.6. The third-order valence-corrected chi connectivity index (χ3v) is 4.35. The fourth-order valence-electron chi connectivity index (χ4n) is 2.79. The predicted molar refractivity (Wildman–Crippen MR) is 104 cm³/mol. The fraction of sp³-hybridized carbons (Fsp3) is 0.450. The molecular weight excluding hydrogens is 415 g/mol. The van der Waals surface area contributed by atoms with Crippen LogP contribution in [0.15, 0.2) is 24.3 Å². The number of esters is 3. The molecule has 0 radical (unpaired) electrons. The molecule has 2 amide bonds. The van der Waals surface area contributed by atoms with E-state index in [2.05, 4.69) is 24.8 Å². The van der Waals surface area contributed by atoms with E-state index in [-0.39, 0.29) is 12.0 Å². The van der Waals surface area contributed by atoms with Crippen molar-refractivity contribution in [1.82, 2.24) is 10.6 Å². The van der Waals surface area contributed by atoms with E-state index in [1.54, 1.807) is 6.07 Å². The Morgan fingerprint density at radius 3 is 2.06 bits per heavy atom. The second-order valence-electron chi connectivity index (χ2n) is 6.47. The van der Waals surface area contributed by atoms with Crippen molar-refractivity contribution < 1.29 is 42.6 Å². The summed E-state index contributed by atoms with van der Waals surface area (Å²) in [6, 6.07) is 2.75. The lowest BCUT2D eigenvalue weighted by molar-refractivity contribution is -0.159. The van der Waals surface area contributed by atoms with Gasteiger partial charge >= 0.3 is 17.9 Å². The normalized spacial score (nSPS) is 13.2. The lowest BCUT2D eigenvalue weighted by Crippen LogP contribution is -2.56. The summed E-state index contributed by atoms with van der Waals surface area (Å²) in [5.41, 5.74) is 0.144. The van der Waals surface area contributed by atoms with Gasteiger partial charge in [-0.15, -0.1) is 0 Å². The number of hydrogen-bond acceptors (Lipinski definition) is 8. The molecule has 0 aliphatic heterocycles. The van der Waals surface area contributed by atoms with E-state index in [9.17, 15) is 28.4 Å². The summed E-state index contributed by atoms with van der Waals surface area (Å²) >= 11 is 0. The summed E-state index contributed by atoms with van der Waals surface area (Å²) < 4.78 is 27.8. The van der Waals surface area contributed by atoms with Crippen LogP contribution >= 0.6 is 0 Å². The van der Waals surface area contributed by atoms with Crippen molar-refractivity contribution in [2.24, 2.45) is 5.92 Å². The van der Waals surface area contributed by atoms with E-state index in [0.29, 0.717) is 0 Å². The van der Waals surface area contributed by atoms with Gasteiger partial charge in [-0.25, -0.2) is 9.18 Å². The van der Waals surface area contributed by atoms with E-state index in [4.69, 9.17) is 0 Å². The maximum atomic E-state index is 14.0. The van der Waals surface area contributed by atoms with Crippen LogP contribution in [-0.2, 0) is 44.6 Å². The number of hydrogen-bond donors (Lipinski definition) is 2. The highest BCUT2D eigenvalue weighted by Gasteiger charge is 2.39. The zero-order valence-electron chi connectivity index (χ0n) is 17.6. The molecule has 2 N–H and O–H groups in total. The van der Waals surface area contributed by atoms with Crippen LogP contribution in [0.1, 0.15) is 18.9 Å². The summed E-state index contributed by atoms with van der Waals surface area (Å²) in [6.07, 6.45) is -0.812. The molecule has 0 aliphatic rings. The Kier molecular flexibility index (Phi) is 10.1. The number of benzene rings is 1. The summed E-state index contributed by atoms with van der Waals surface area (Å²) in [6.45, 7) is 1.16. The van der Waals surface area contributed by atoms with Gasteiger partial charge in [0.1, 0.15) is 17.9 Å². The molecule has 31 heavy (non-hydrogen) atoms. The van der Waals surface area contributed by atoms with Gasteiger partial charge in [0.2, 0.25) is 11.8 Å². The molecule has 0 aromatic heterocycles. The maximum Gasteiger partial charge on any atom is 0.329 e. The first-order valence-electron chi connectivity index (χ1n) is 9.17. The van der Waals surface area contributed by atoms with Crippen LogP contribution in [-0.4, -0.2) is 63.1 Å². The standard InChI is InChI=1S/C20H25FN2O8/c1-11(24)22-15(9-12-7-5-6-8-14(12)21)18(26)23-17(20(28)31-4)13(19(27)30-3)10-16(25)29-2/h5-8,13,15,17H,9-10H2,1-4H3,(H,22,24)(H,23,26)/t13-,15+,17-/m0/s1. The maximum absolute atomic E-state index is 14.0. The fourth-order valence-corrected chi connectivity index (χ4v) is 2.79. The largest absolute Gasteiger partial charge is 0.469 e. The van der Waals surface area contributed by atoms with E-state index in [1.165, 1.54) is 18.2 Å². The Morgan fingerprint density at radius 1 is 0.935 bits per heavy atom. The van der Waals surface area contributed by atoms with Crippen LogP contribution in [0, 0.1) is 11.7 Å². The van der Waals surface area contributed by atoms with Crippen molar-refractivity contribution in [2.45, 2.75) is 31.8 Å². The van der Waals surface area contributed by atoms with Crippen LogP contribution in [0.3, 0.4) is 0 Å². The zero-order valence-corrected chi connectivity index (χ0v) is 17.6. The van der Waals surface area contributed by atoms with Crippen molar-refractivity contribution >= 4 is 29.7 Å². The monoisotopic (exact) mass is 440 g/mol. The Balaban J connectivity index is 3.20. The first-order chi connectivity index (χ1) is 14.6. The van der Waals surface area contributed by atoms with Gasteiger partial charge in [0, 0.05) is 13.3 Å². The van der Waals surface area contributed by atoms with E-state index in [0.717, 1.165) is 28.3 Å². The van der Waals surface area contributed by atoms with Crippen LogP contribution in [0.2, 0.25) is 0 Å². The number of carbonyl (C=O) groups excluding carboxylic acids is 5. The lowest BCUT2D eigenvalue weighted by Gasteiger charge is -2.26. The topological polar surface area (TPSA) is 137 Å². The number of nitrogens with one attached hydrogen (secondary N) is 2. The minimum atomic E-state index is -1.62. The Morgan fingerprint density at radius 2 is 1.55 bits per heavy atom. The van der Waals surface area contributed by atoms with Crippen LogP contribution in [0.5, 0.6) is 0 Å². The second kappa shape index (κ2) is 12.3. The second-order valence-corrected chi connectivity index (χ2v) is 6.47. The van der Waals surface area contributed by atoms with Crippen molar-refractivity contribution in [3.05, 3.63) is 35.6 Å². The van der Waals surface area contributed by atoms with E-state index >= 15 is 0 Å². The molecule has 0 spiro atoms. The Labute approximate surface area is 178 Å². The minimum Gasteiger partial charge on any atom is -0.469 e. The number of carbonyl (C=O) groups is 5. The van der Waals surface area contributed by atoms with Crippen LogP contribution < -0.4 is 10.6 Å². The van der Waals surface area contributed by atoms with Gasteiger partial charge in [-0.05, 0) is 11.6 Å². The molecule has 1 rings (SSSR count). The summed E-state index contributed by atoms with van der Waals surface area (Å²) in [5, 5.41) is 4.67. The average Bonchev–Trinajstić information content (AvgIpc) is 2.75. The number of ether oxygens (including phenoxy) is 3. The highest BCUT2D eigenvalue weighted by Crippen LogP contribution is 2.16. The van der Waals surface area contributed by atoms with Gasteiger partial charge in [0.05, 0.1) is 33.7 Å². The summed E-state index contributed by atoms with van der Waals surface area (Å²) in [7, 11) is 3.16. The molecule has 0 fully saturated rings.